The quantitative estimate of drug-likeness (QED) is 0.556. The van der Waals surface area contributed by atoms with Crippen LogP contribution in [0.4, 0.5) is 0 Å². The lowest BCUT2D eigenvalue weighted by Gasteiger charge is -2.14. The van der Waals surface area contributed by atoms with Gasteiger partial charge in [0.2, 0.25) is 0 Å². The van der Waals surface area contributed by atoms with Gasteiger partial charge in [-0.05, 0) is 24.9 Å². The topological polar surface area (TPSA) is 26.3 Å². The summed E-state index contributed by atoms with van der Waals surface area (Å²) in [5.41, 5.74) is 0.884. The Hall–Kier alpha value is -0.0900. The van der Waals surface area contributed by atoms with Crippen LogP contribution in [0.15, 0.2) is 9.81 Å². The highest BCUT2D eigenvalue weighted by atomic mass is 32.2. The van der Waals surface area contributed by atoms with E-state index in [0.717, 1.165) is 16.2 Å². The number of hydrogen-bond donors (Lipinski definition) is 0. The molecule has 0 bridgehead atoms. The van der Waals surface area contributed by atoms with Gasteiger partial charge in [0.05, 0.1) is 16.9 Å². The minimum absolute atomic E-state index is 0.148. The van der Waals surface area contributed by atoms with E-state index in [1.165, 1.54) is 32.8 Å². The highest BCUT2D eigenvalue weighted by molar-refractivity contribution is 8.21. The summed E-state index contributed by atoms with van der Waals surface area (Å²) in [5, 5.41) is 0. The molecule has 0 saturated heterocycles. The van der Waals surface area contributed by atoms with E-state index in [9.17, 15) is 4.79 Å². The predicted molar refractivity (Wildman–Crippen MR) is 72.6 cm³/mol. The molecule has 0 aromatic carbocycles. The molecule has 1 saturated carbocycles. The van der Waals surface area contributed by atoms with Crippen LogP contribution in [0.5, 0.6) is 0 Å². The zero-order valence-corrected chi connectivity index (χ0v) is 11.9. The van der Waals surface area contributed by atoms with E-state index in [4.69, 9.17) is 4.74 Å². The van der Waals surface area contributed by atoms with Gasteiger partial charge >= 0.3 is 5.97 Å². The summed E-state index contributed by atoms with van der Waals surface area (Å²) in [6.07, 6.45) is 10.1. The van der Waals surface area contributed by atoms with Crippen LogP contribution in [0, 0.1) is 5.92 Å². The Morgan fingerprint density at radius 3 is 2.25 bits per heavy atom. The maximum atomic E-state index is 11.8. The first-order valence-corrected chi connectivity index (χ1v) is 8.07. The second kappa shape index (κ2) is 7.28. The van der Waals surface area contributed by atoms with Gasteiger partial charge in [-0.2, -0.15) is 0 Å². The van der Waals surface area contributed by atoms with Crippen molar-refractivity contribution in [1.82, 2.24) is 0 Å². The molecule has 0 spiro atoms. The fourth-order valence-corrected chi connectivity index (χ4v) is 3.70. The van der Waals surface area contributed by atoms with E-state index in [1.807, 2.05) is 12.5 Å². The number of methoxy groups -OCH3 is 1. The molecule has 0 aliphatic heterocycles. The second-order valence-corrected chi connectivity index (χ2v) is 5.91. The van der Waals surface area contributed by atoms with Gasteiger partial charge < -0.3 is 4.74 Å². The van der Waals surface area contributed by atoms with Gasteiger partial charge in [0.25, 0.3) is 0 Å². The largest absolute Gasteiger partial charge is 0.466 e. The van der Waals surface area contributed by atoms with Crippen LogP contribution in [0.25, 0.3) is 0 Å². The van der Waals surface area contributed by atoms with E-state index in [1.54, 1.807) is 23.5 Å². The van der Waals surface area contributed by atoms with Crippen molar-refractivity contribution in [2.45, 2.75) is 32.1 Å². The molecule has 0 N–H and O–H groups in total. The average Bonchev–Trinajstić information content (AvgIpc) is 2.81. The lowest BCUT2D eigenvalue weighted by atomic mass is 9.99. The molecule has 0 aromatic rings. The number of esters is 1. The molecule has 2 nitrogen and oxygen atoms in total. The molecule has 16 heavy (non-hydrogen) atoms. The van der Waals surface area contributed by atoms with Crippen molar-refractivity contribution in [2.75, 3.05) is 19.6 Å². The minimum atomic E-state index is -0.148. The Kier molecular flexibility index (Phi) is 6.36. The van der Waals surface area contributed by atoms with Crippen LogP contribution in [0.2, 0.25) is 0 Å². The summed E-state index contributed by atoms with van der Waals surface area (Å²) in [6, 6.07) is 0. The molecule has 0 amide bonds. The van der Waals surface area contributed by atoms with Gasteiger partial charge in [0.1, 0.15) is 0 Å². The van der Waals surface area contributed by atoms with Crippen molar-refractivity contribution in [1.29, 1.82) is 0 Å². The maximum Gasteiger partial charge on any atom is 0.335 e. The van der Waals surface area contributed by atoms with Gasteiger partial charge in [0.15, 0.2) is 0 Å². The molecular weight excluding hydrogens is 240 g/mol. The molecule has 0 aromatic heterocycles. The summed E-state index contributed by atoms with van der Waals surface area (Å²) < 4.78 is 5.99. The first-order chi connectivity index (χ1) is 7.72. The predicted octanol–water partition coefficient (Wildman–Crippen LogP) is 3.68. The SMILES string of the molecule is COC(=O)C(CC1CCCC1)=C(SC)SC. The fourth-order valence-electron chi connectivity index (χ4n) is 2.21. The average molecular weight is 260 g/mol. The van der Waals surface area contributed by atoms with Gasteiger partial charge in [-0.1, -0.05) is 25.7 Å². The Balaban J connectivity index is 2.77. The summed E-state index contributed by atoms with van der Waals surface area (Å²) in [4.78, 5) is 11.8. The monoisotopic (exact) mass is 260 g/mol. The van der Waals surface area contributed by atoms with Crippen molar-refractivity contribution in [3.05, 3.63) is 9.81 Å². The number of carbonyl (C=O) groups is 1. The molecular formula is C12H20O2S2. The van der Waals surface area contributed by atoms with Crippen molar-refractivity contribution < 1.29 is 9.53 Å². The molecule has 0 heterocycles. The van der Waals surface area contributed by atoms with E-state index in [0.29, 0.717) is 5.92 Å². The van der Waals surface area contributed by atoms with Crippen LogP contribution < -0.4 is 0 Å². The molecule has 1 rings (SSSR count). The lowest BCUT2D eigenvalue weighted by Crippen LogP contribution is -2.10. The smallest absolute Gasteiger partial charge is 0.335 e. The fraction of sp³-hybridized carbons (Fsp3) is 0.750. The number of ether oxygens (including phenoxy) is 1. The Morgan fingerprint density at radius 1 is 1.25 bits per heavy atom. The third-order valence-corrected chi connectivity index (χ3v) is 5.25. The van der Waals surface area contributed by atoms with E-state index < -0.39 is 0 Å². The third-order valence-electron chi connectivity index (χ3n) is 3.02. The Morgan fingerprint density at radius 2 is 1.81 bits per heavy atom. The van der Waals surface area contributed by atoms with Crippen molar-refractivity contribution in [2.24, 2.45) is 5.92 Å². The first-order valence-electron chi connectivity index (χ1n) is 5.62. The maximum absolute atomic E-state index is 11.8. The summed E-state index contributed by atoms with van der Waals surface area (Å²) in [7, 11) is 1.47. The highest BCUT2D eigenvalue weighted by Crippen LogP contribution is 2.36. The molecule has 0 atom stereocenters. The molecule has 1 aliphatic carbocycles. The molecule has 1 fully saturated rings. The van der Waals surface area contributed by atoms with E-state index in [-0.39, 0.29) is 5.97 Å². The Labute approximate surface area is 107 Å². The van der Waals surface area contributed by atoms with E-state index >= 15 is 0 Å². The van der Waals surface area contributed by atoms with Crippen LogP contribution in [-0.4, -0.2) is 25.6 Å². The molecule has 0 radical (unpaired) electrons. The number of rotatable bonds is 5. The summed E-state index contributed by atoms with van der Waals surface area (Å²) >= 11 is 3.29. The summed E-state index contributed by atoms with van der Waals surface area (Å²) in [5.74, 6) is 0.536. The molecule has 4 heteroatoms. The Bertz CT molecular complexity index is 262. The van der Waals surface area contributed by atoms with Gasteiger partial charge in [-0.15, -0.1) is 23.5 Å². The second-order valence-electron chi connectivity index (χ2n) is 4.02. The first kappa shape index (κ1) is 14.0. The minimum Gasteiger partial charge on any atom is -0.466 e. The normalized spacial score (nSPS) is 16.2. The lowest BCUT2D eigenvalue weighted by molar-refractivity contribution is -0.136. The van der Waals surface area contributed by atoms with Crippen LogP contribution in [-0.2, 0) is 9.53 Å². The zero-order valence-electron chi connectivity index (χ0n) is 10.2. The summed E-state index contributed by atoms with van der Waals surface area (Å²) in [6.45, 7) is 0. The molecule has 92 valence electrons. The van der Waals surface area contributed by atoms with Crippen LogP contribution in [0.1, 0.15) is 32.1 Å². The van der Waals surface area contributed by atoms with Gasteiger partial charge in [0, 0.05) is 0 Å². The molecule has 0 unspecified atom stereocenters. The van der Waals surface area contributed by atoms with Gasteiger partial charge in [-0.25, -0.2) is 4.79 Å². The van der Waals surface area contributed by atoms with Crippen molar-refractivity contribution in [3.8, 4) is 0 Å². The zero-order chi connectivity index (χ0) is 12.0. The van der Waals surface area contributed by atoms with Crippen molar-refractivity contribution in [3.63, 3.8) is 0 Å². The van der Waals surface area contributed by atoms with E-state index in [2.05, 4.69) is 0 Å². The third kappa shape index (κ3) is 3.74. The number of thioether (sulfide) groups is 2. The highest BCUT2D eigenvalue weighted by Gasteiger charge is 2.23. The van der Waals surface area contributed by atoms with Crippen LogP contribution >= 0.6 is 23.5 Å². The van der Waals surface area contributed by atoms with Crippen molar-refractivity contribution >= 4 is 29.5 Å². The standard InChI is InChI=1S/C12H20O2S2/c1-14-11(13)10(12(15-2)16-3)8-9-6-4-5-7-9/h9H,4-8H2,1-3H3. The molecule has 1 aliphatic rings. The van der Waals surface area contributed by atoms with Gasteiger partial charge in [-0.3, -0.25) is 0 Å². The number of hydrogen-bond acceptors (Lipinski definition) is 4. The van der Waals surface area contributed by atoms with Crippen LogP contribution in [0.3, 0.4) is 0 Å². The number of carbonyl (C=O) groups excluding carboxylic acids is 1.